The Bertz CT molecular complexity index is 2940. The van der Waals surface area contributed by atoms with Gasteiger partial charge in [0.1, 0.15) is 0 Å². The van der Waals surface area contributed by atoms with Gasteiger partial charge in [0.2, 0.25) is 0 Å². The quantitative estimate of drug-likeness (QED) is 0.173. The average Bonchev–Trinajstić information content (AvgIpc) is 3.62. The fraction of sp³-hybridized carbons (Fsp3) is 0. The summed E-state index contributed by atoms with van der Waals surface area (Å²) in [7, 11) is 0. The second-order valence-electron chi connectivity index (χ2n) is 13.4. The monoisotopic (exact) mass is 692 g/mol. The molecule has 53 heavy (non-hydrogen) atoms. The molecule has 8 aromatic carbocycles. The van der Waals surface area contributed by atoms with Gasteiger partial charge >= 0.3 is 0 Å². The maximum Gasteiger partial charge on any atom is 0.161 e. The molecule has 0 unspecified atom stereocenters. The van der Waals surface area contributed by atoms with Gasteiger partial charge in [0.15, 0.2) is 5.82 Å². The van der Waals surface area contributed by atoms with E-state index >= 15 is 0 Å². The number of hydrogen-bond acceptors (Lipinski definition) is 3. The summed E-state index contributed by atoms with van der Waals surface area (Å²) in [4.78, 5) is 10.6. The zero-order valence-electron chi connectivity index (χ0n) is 28.8. The zero-order valence-corrected chi connectivity index (χ0v) is 29.6. The summed E-state index contributed by atoms with van der Waals surface area (Å²) in [5.41, 5.74) is 11.8. The van der Waals surface area contributed by atoms with Crippen molar-refractivity contribution in [2.45, 2.75) is 0 Å². The van der Waals surface area contributed by atoms with Gasteiger partial charge in [-0.1, -0.05) is 158 Å². The van der Waals surface area contributed by atoms with Gasteiger partial charge in [0.25, 0.3) is 0 Å². The lowest BCUT2D eigenvalue weighted by molar-refractivity contribution is 1.18. The molecule has 0 atom stereocenters. The van der Waals surface area contributed by atoms with Crippen LogP contribution in [0.2, 0.25) is 0 Å². The SMILES string of the molecule is c1ccc(-c2cc(-c3cc(-c4ccc5c(c4)sc4ccccc45)cc(-c4cccc5ccccc45)c3)nc(-c3ccccc3-c3ccccc3)n2)cc1. The highest BCUT2D eigenvalue weighted by molar-refractivity contribution is 7.25. The van der Waals surface area contributed by atoms with Crippen molar-refractivity contribution in [1.82, 2.24) is 9.97 Å². The van der Waals surface area contributed by atoms with E-state index in [2.05, 4.69) is 188 Å². The van der Waals surface area contributed by atoms with Crippen molar-refractivity contribution in [2.75, 3.05) is 0 Å². The molecule has 0 amide bonds. The van der Waals surface area contributed by atoms with Crippen LogP contribution in [0.25, 0.3) is 98.2 Å². The van der Waals surface area contributed by atoms with Crippen LogP contribution in [0, 0.1) is 0 Å². The number of fused-ring (bicyclic) bond motifs is 4. The van der Waals surface area contributed by atoms with Crippen LogP contribution in [-0.4, -0.2) is 9.97 Å². The maximum atomic E-state index is 5.39. The van der Waals surface area contributed by atoms with Crippen molar-refractivity contribution >= 4 is 42.3 Å². The number of thiophene rings is 1. The summed E-state index contributed by atoms with van der Waals surface area (Å²) in [6, 6.07) is 69.3. The van der Waals surface area contributed by atoms with Crippen LogP contribution in [0.1, 0.15) is 0 Å². The Balaban J connectivity index is 1.22. The predicted molar refractivity (Wildman–Crippen MR) is 225 cm³/mol. The number of rotatable bonds is 6. The molecule has 0 aliphatic heterocycles. The fourth-order valence-corrected chi connectivity index (χ4v) is 8.65. The number of benzene rings is 8. The van der Waals surface area contributed by atoms with E-state index in [4.69, 9.17) is 9.97 Å². The normalized spacial score (nSPS) is 11.4. The van der Waals surface area contributed by atoms with Gasteiger partial charge in [-0.25, -0.2) is 9.97 Å². The smallest absolute Gasteiger partial charge is 0.161 e. The van der Waals surface area contributed by atoms with E-state index in [1.807, 2.05) is 17.4 Å². The minimum Gasteiger partial charge on any atom is -0.228 e. The topological polar surface area (TPSA) is 25.8 Å². The second kappa shape index (κ2) is 13.1. The third kappa shape index (κ3) is 5.78. The van der Waals surface area contributed by atoms with Crippen molar-refractivity contribution in [2.24, 2.45) is 0 Å². The summed E-state index contributed by atoms with van der Waals surface area (Å²) >= 11 is 1.85. The Morgan fingerprint density at radius 3 is 1.72 bits per heavy atom. The van der Waals surface area contributed by atoms with Gasteiger partial charge in [-0.05, 0) is 80.6 Å². The molecule has 0 bridgehead atoms. The lowest BCUT2D eigenvalue weighted by atomic mass is 9.92. The molecule has 2 aromatic heterocycles. The molecule has 2 nitrogen and oxygen atoms in total. The van der Waals surface area contributed by atoms with Crippen LogP contribution >= 0.6 is 11.3 Å². The largest absolute Gasteiger partial charge is 0.228 e. The first-order chi connectivity index (χ1) is 26.2. The van der Waals surface area contributed by atoms with Gasteiger partial charge in [0, 0.05) is 36.9 Å². The first-order valence-corrected chi connectivity index (χ1v) is 18.7. The molecule has 248 valence electrons. The van der Waals surface area contributed by atoms with Crippen molar-refractivity contribution < 1.29 is 0 Å². The number of hydrogen-bond donors (Lipinski definition) is 0. The molecule has 0 N–H and O–H groups in total. The van der Waals surface area contributed by atoms with Gasteiger partial charge in [-0.15, -0.1) is 11.3 Å². The lowest BCUT2D eigenvalue weighted by Crippen LogP contribution is -1.98. The molecule has 0 saturated carbocycles. The Labute approximate surface area is 312 Å². The highest BCUT2D eigenvalue weighted by atomic mass is 32.1. The van der Waals surface area contributed by atoms with Crippen LogP contribution in [0.15, 0.2) is 194 Å². The van der Waals surface area contributed by atoms with E-state index in [1.54, 1.807) is 0 Å². The third-order valence-electron chi connectivity index (χ3n) is 10.1. The first-order valence-electron chi connectivity index (χ1n) is 17.9. The first kappa shape index (κ1) is 31.1. The number of aromatic nitrogens is 2. The second-order valence-corrected chi connectivity index (χ2v) is 14.5. The molecular weight excluding hydrogens is 661 g/mol. The van der Waals surface area contributed by atoms with E-state index in [9.17, 15) is 0 Å². The molecule has 0 spiro atoms. The van der Waals surface area contributed by atoms with Crippen LogP contribution in [0.3, 0.4) is 0 Å². The van der Waals surface area contributed by atoms with Crippen LogP contribution in [-0.2, 0) is 0 Å². The van der Waals surface area contributed by atoms with E-state index in [0.29, 0.717) is 5.82 Å². The van der Waals surface area contributed by atoms with Crippen molar-refractivity contribution in [3.8, 4) is 67.3 Å². The molecule has 0 saturated heterocycles. The molecule has 3 heteroatoms. The highest BCUT2D eigenvalue weighted by Crippen LogP contribution is 2.40. The molecule has 0 fully saturated rings. The van der Waals surface area contributed by atoms with Crippen molar-refractivity contribution in [3.63, 3.8) is 0 Å². The summed E-state index contributed by atoms with van der Waals surface area (Å²) in [5.74, 6) is 0.699. The molecular formula is C50H32N2S. The van der Waals surface area contributed by atoms with Gasteiger partial charge < -0.3 is 0 Å². The molecule has 2 heterocycles. The van der Waals surface area contributed by atoms with Gasteiger partial charge in [0.05, 0.1) is 11.4 Å². The molecule has 10 rings (SSSR count). The highest BCUT2D eigenvalue weighted by Gasteiger charge is 2.17. The van der Waals surface area contributed by atoms with Crippen molar-refractivity contribution in [3.05, 3.63) is 194 Å². The Hall–Kier alpha value is -6.68. The van der Waals surface area contributed by atoms with E-state index in [0.717, 1.165) is 50.3 Å². The van der Waals surface area contributed by atoms with E-state index < -0.39 is 0 Å². The summed E-state index contributed by atoms with van der Waals surface area (Å²) in [5, 5.41) is 5.05. The molecule has 0 aliphatic carbocycles. The summed E-state index contributed by atoms with van der Waals surface area (Å²) in [6.45, 7) is 0. The van der Waals surface area contributed by atoms with Crippen LogP contribution in [0.4, 0.5) is 0 Å². The Morgan fingerprint density at radius 2 is 0.887 bits per heavy atom. The Kier molecular flexibility index (Phi) is 7.71. The lowest BCUT2D eigenvalue weighted by Gasteiger charge is -2.15. The third-order valence-corrected chi connectivity index (χ3v) is 11.2. The van der Waals surface area contributed by atoms with E-state index in [-0.39, 0.29) is 0 Å². The average molecular weight is 693 g/mol. The standard InChI is InChI=1S/C50H32N2S/c1-3-14-33(15-4-1)41-21-9-10-23-45(41)50-51-46(35-17-5-2-6-18-35)32-47(52-50)39-29-37(28-38(30-39)42-24-13-19-34-16-7-8-20-40(34)42)36-26-27-44-43-22-11-12-25-48(43)53-49(44)31-36/h1-32H. The fourth-order valence-electron chi connectivity index (χ4n) is 7.50. The zero-order chi connectivity index (χ0) is 35.1. The summed E-state index contributed by atoms with van der Waals surface area (Å²) in [6.07, 6.45) is 0. The van der Waals surface area contributed by atoms with Gasteiger partial charge in [-0.3, -0.25) is 0 Å². The molecule has 0 radical (unpaired) electrons. The van der Waals surface area contributed by atoms with Crippen LogP contribution in [0.5, 0.6) is 0 Å². The summed E-state index contributed by atoms with van der Waals surface area (Å²) < 4.78 is 2.59. The molecule has 10 aromatic rings. The minimum absolute atomic E-state index is 0.699. The number of nitrogens with zero attached hydrogens (tertiary/aromatic N) is 2. The van der Waals surface area contributed by atoms with Crippen LogP contribution < -0.4 is 0 Å². The van der Waals surface area contributed by atoms with E-state index in [1.165, 1.54) is 42.1 Å². The van der Waals surface area contributed by atoms with Gasteiger partial charge in [-0.2, -0.15) is 0 Å². The molecule has 0 aliphatic rings. The van der Waals surface area contributed by atoms with Crippen molar-refractivity contribution in [1.29, 1.82) is 0 Å². The predicted octanol–water partition coefficient (Wildman–Crippen LogP) is 14.0. The minimum atomic E-state index is 0.699. The maximum absolute atomic E-state index is 5.39. The Morgan fingerprint density at radius 1 is 0.302 bits per heavy atom.